The van der Waals surface area contributed by atoms with Gasteiger partial charge in [-0.3, -0.25) is 4.79 Å². The van der Waals surface area contributed by atoms with Gasteiger partial charge in [-0.05, 0) is 25.1 Å². The first-order chi connectivity index (χ1) is 14.5. The predicted octanol–water partition coefficient (Wildman–Crippen LogP) is 3.47. The molecule has 0 fully saturated rings. The first-order valence-corrected chi connectivity index (χ1v) is 9.95. The molecular weight excluding hydrogens is 409 g/mol. The highest BCUT2D eigenvalue weighted by molar-refractivity contribution is 7.99. The Bertz CT molecular complexity index is 1260. The van der Waals surface area contributed by atoms with Gasteiger partial charge in [0.1, 0.15) is 11.6 Å². The fourth-order valence-electron chi connectivity index (χ4n) is 2.99. The number of benzene rings is 2. The smallest absolute Gasteiger partial charge is 0.234 e. The Morgan fingerprint density at radius 2 is 1.90 bits per heavy atom. The largest absolute Gasteiger partial charge is 0.493 e. The van der Waals surface area contributed by atoms with E-state index in [2.05, 4.69) is 20.4 Å². The molecule has 0 aliphatic carbocycles. The molecule has 2 aromatic heterocycles. The number of halogens is 1. The van der Waals surface area contributed by atoms with Gasteiger partial charge >= 0.3 is 0 Å². The number of amides is 1. The van der Waals surface area contributed by atoms with Gasteiger partial charge in [0.2, 0.25) is 5.91 Å². The number of hydrogen-bond donors (Lipinski definition) is 1. The van der Waals surface area contributed by atoms with Gasteiger partial charge in [0.05, 0.1) is 31.2 Å². The quantitative estimate of drug-likeness (QED) is 0.372. The molecule has 0 radical (unpaired) electrons. The second-order valence-corrected chi connectivity index (χ2v) is 7.27. The summed E-state index contributed by atoms with van der Waals surface area (Å²) in [6.45, 7) is 1.78. The molecule has 0 unspecified atom stereocenters. The van der Waals surface area contributed by atoms with Gasteiger partial charge in [-0.15, -0.1) is 5.10 Å². The average Bonchev–Trinajstić information content (AvgIpc) is 3.14. The average molecular weight is 427 g/mol. The summed E-state index contributed by atoms with van der Waals surface area (Å²) in [6.07, 6.45) is 0. The molecule has 4 aromatic rings. The number of para-hydroxylation sites is 1. The van der Waals surface area contributed by atoms with Gasteiger partial charge < -0.3 is 14.8 Å². The number of methoxy groups -OCH3 is 2. The molecule has 1 N–H and O–H groups in total. The maximum atomic E-state index is 13.8. The summed E-state index contributed by atoms with van der Waals surface area (Å²) >= 11 is 1.18. The topological polar surface area (TPSA) is 90.6 Å². The first kappa shape index (κ1) is 19.9. The lowest BCUT2D eigenvalue weighted by molar-refractivity contribution is -0.113. The molecule has 2 aromatic carbocycles. The van der Waals surface area contributed by atoms with Crippen LogP contribution in [0.25, 0.3) is 16.6 Å². The van der Waals surface area contributed by atoms with E-state index in [1.165, 1.54) is 23.9 Å². The third kappa shape index (κ3) is 3.73. The minimum absolute atomic E-state index is 0.0220. The highest BCUT2D eigenvalue weighted by Gasteiger charge is 2.17. The van der Waals surface area contributed by atoms with Crippen molar-refractivity contribution in [2.24, 2.45) is 0 Å². The number of fused-ring (bicyclic) bond motifs is 3. The number of rotatable bonds is 6. The van der Waals surface area contributed by atoms with Gasteiger partial charge in [0.15, 0.2) is 22.3 Å². The van der Waals surface area contributed by atoms with Crippen LogP contribution in [-0.2, 0) is 4.79 Å². The second kappa shape index (κ2) is 8.15. The molecule has 4 rings (SSSR count). The summed E-state index contributed by atoms with van der Waals surface area (Å²) in [4.78, 5) is 21.4. The number of nitrogens with zero attached hydrogens (tertiary/aromatic N) is 4. The molecular formula is C20H18FN5O3S. The summed E-state index contributed by atoms with van der Waals surface area (Å²) in [6, 6.07) is 9.55. The second-order valence-electron chi connectivity index (χ2n) is 6.33. The molecule has 0 saturated heterocycles. The summed E-state index contributed by atoms with van der Waals surface area (Å²) < 4.78 is 26.1. The Balaban J connectivity index is 1.67. The zero-order chi connectivity index (χ0) is 21.3. The van der Waals surface area contributed by atoms with Crippen LogP contribution in [0.2, 0.25) is 0 Å². The van der Waals surface area contributed by atoms with Gasteiger partial charge in [-0.2, -0.15) is 4.52 Å². The van der Waals surface area contributed by atoms with Gasteiger partial charge in [0, 0.05) is 11.5 Å². The highest BCUT2D eigenvalue weighted by atomic mass is 32.2. The summed E-state index contributed by atoms with van der Waals surface area (Å²) in [5, 5.41) is 8.18. The molecule has 0 bridgehead atoms. The molecule has 2 heterocycles. The standard InChI is InChI=1S/C20H18FN5O3S/c1-11-22-19-12-8-16(28-2)17(29-3)9-15(12)24-20(26(19)25-11)30-10-18(27)23-14-7-5-4-6-13(14)21/h4-9H,10H2,1-3H3,(H,23,27). The lowest BCUT2D eigenvalue weighted by atomic mass is 10.2. The Morgan fingerprint density at radius 1 is 1.17 bits per heavy atom. The minimum atomic E-state index is -0.491. The van der Waals surface area contributed by atoms with Crippen LogP contribution in [0.1, 0.15) is 5.82 Å². The molecule has 1 amide bonds. The van der Waals surface area contributed by atoms with Crippen molar-refractivity contribution >= 4 is 39.9 Å². The van der Waals surface area contributed by atoms with Crippen molar-refractivity contribution in [2.45, 2.75) is 12.1 Å². The Kier molecular flexibility index (Phi) is 5.40. The molecule has 0 aliphatic heterocycles. The van der Waals surface area contributed by atoms with Crippen molar-refractivity contribution in [2.75, 3.05) is 25.3 Å². The van der Waals surface area contributed by atoms with Gasteiger partial charge in [-0.1, -0.05) is 23.9 Å². The molecule has 0 atom stereocenters. The summed E-state index contributed by atoms with van der Waals surface area (Å²) in [5.41, 5.74) is 1.35. The van der Waals surface area contributed by atoms with Crippen LogP contribution < -0.4 is 14.8 Å². The maximum Gasteiger partial charge on any atom is 0.234 e. The number of ether oxygens (including phenoxy) is 2. The monoisotopic (exact) mass is 427 g/mol. The fourth-order valence-corrected chi connectivity index (χ4v) is 3.73. The molecule has 0 saturated carbocycles. The van der Waals surface area contributed by atoms with Crippen LogP contribution in [0.5, 0.6) is 11.5 Å². The number of thioether (sulfide) groups is 1. The van der Waals surface area contributed by atoms with E-state index < -0.39 is 5.82 Å². The lowest BCUT2D eigenvalue weighted by Crippen LogP contribution is -2.15. The van der Waals surface area contributed by atoms with Crippen LogP contribution in [0, 0.1) is 12.7 Å². The van der Waals surface area contributed by atoms with Crippen molar-refractivity contribution in [1.29, 1.82) is 0 Å². The number of nitrogens with one attached hydrogen (secondary N) is 1. The molecule has 0 aliphatic rings. The molecule has 10 heteroatoms. The highest BCUT2D eigenvalue weighted by Crippen LogP contribution is 2.34. The Morgan fingerprint density at radius 3 is 2.63 bits per heavy atom. The van der Waals surface area contributed by atoms with Crippen molar-refractivity contribution in [1.82, 2.24) is 19.6 Å². The van der Waals surface area contributed by atoms with Crippen LogP contribution >= 0.6 is 11.8 Å². The number of carbonyl (C=O) groups is 1. The molecule has 154 valence electrons. The summed E-state index contributed by atoms with van der Waals surface area (Å²) in [5.74, 6) is 0.829. The van der Waals surface area contributed by atoms with E-state index in [0.29, 0.717) is 33.6 Å². The van der Waals surface area contributed by atoms with Crippen LogP contribution in [0.15, 0.2) is 41.6 Å². The maximum absolute atomic E-state index is 13.8. The van der Waals surface area contributed by atoms with Crippen molar-refractivity contribution in [3.63, 3.8) is 0 Å². The van der Waals surface area contributed by atoms with E-state index >= 15 is 0 Å². The lowest BCUT2D eigenvalue weighted by Gasteiger charge is -2.11. The minimum Gasteiger partial charge on any atom is -0.493 e. The predicted molar refractivity (Wildman–Crippen MR) is 112 cm³/mol. The Labute approximate surface area is 175 Å². The van der Waals surface area contributed by atoms with E-state index in [0.717, 1.165) is 5.39 Å². The SMILES string of the molecule is COc1cc2nc(SCC(=O)Nc3ccccc3F)n3nc(C)nc3c2cc1OC. The molecule has 0 spiro atoms. The van der Waals surface area contributed by atoms with E-state index in [1.807, 2.05) is 0 Å². The summed E-state index contributed by atoms with van der Waals surface area (Å²) in [7, 11) is 3.11. The number of anilines is 1. The van der Waals surface area contributed by atoms with E-state index in [4.69, 9.17) is 9.47 Å². The van der Waals surface area contributed by atoms with E-state index in [9.17, 15) is 9.18 Å². The van der Waals surface area contributed by atoms with E-state index in [1.54, 1.807) is 49.9 Å². The molecule has 30 heavy (non-hydrogen) atoms. The van der Waals surface area contributed by atoms with E-state index in [-0.39, 0.29) is 17.3 Å². The number of hydrogen-bond acceptors (Lipinski definition) is 7. The Hall–Kier alpha value is -3.40. The normalized spacial score (nSPS) is 11.1. The third-order valence-corrected chi connectivity index (χ3v) is 5.26. The number of carbonyl (C=O) groups excluding carboxylic acids is 1. The molecule has 8 nitrogen and oxygen atoms in total. The number of aromatic nitrogens is 4. The number of aryl methyl sites for hydroxylation is 1. The van der Waals surface area contributed by atoms with Crippen molar-refractivity contribution in [3.8, 4) is 11.5 Å². The van der Waals surface area contributed by atoms with Gasteiger partial charge in [0.25, 0.3) is 0 Å². The van der Waals surface area contributed by atoms with Crippen LogP contribution in [-0.4, -0.2) is 45.5 Å². The first-order valence-electron chi connectivity index (χ1n) is 8.96. The van der Waals surface area contributed by atoms with Crippen molar-refractivity contribution < 1.29 is 18.7 Å². The third-order valence-electron chi connectivity index (χ3n) is 4.33. The van der Waals surface area contributed by atoms with Crippen molar-refractivity contribution in [3.05, 3.63) is 48.0 Å². The van der Waals surface area contributed by atoms with Crippen LogP contribution in [0.4, 0.5) is 10.1 Å². The fraction of sp³-hybridized carbons (Fsp3) is 0.200. The zero-order valence-electron chi connectivity index (χ0n) is 16.5. The van der Waals surface area contributed by atoms with Gasteiger partial charge in [-0.25, -0.2) is 14.4 Å². The van der Waals surface area contributed by atoms with Crippen LogP contribution in [0.3, 0.4) is 0 Å². The zero-order valence-corrected chi connectivity index (χ0v) is 17.3.